The molecule has 2 aromatic heterocycles. The van der Waals surface area contributed by atoms with Crippen LogP contribution in [0.2, 0.25) is 0 Å². The maximum absolute atomic E-state index is 13.8. The number of nitrogens with zero attached hydrogens (tertiary/aromatic N) is 2. The number of halogens is 1. The lowest BCUT2D eigenvalue weighted by atomic mass is 10.2. The average molecular weight is 382 g/mol. The maximum atomic E-state index is 13.8. The highest BCUT2D eigenvalue weighted by molar-refractivity contribution is 5.93. The summed E-state index contributed by atoms with van der Waals surface area (Å²) in [4.78, 5) is 20.0. The van der Waals surface area contributed by atoms with Crippen molar-refractivity contribution in [3.63, 3.8) is 0 Å². The van der Waals surface area contributed by atoms with Crippen molar-refractivity contribution in [1.82, 2.24) is 15.3 Å². The van der Waals surface area contributed by atoms with Gasteiger partial charge < -0.3 is 21.4 Å². The number of carbonyl (C=O) groups is 1. The summed E-state index contributed by atoms with van der Waals surface area (Å²) >= 11 is 0. The monoisotopic (exact) mass is 382 g/mol. The van der Waals surface area contributed by atoms with Crippen molar-refractivity contribution >= 4 is 29.4 Å². The van der Waals surface area contributed by atoms with Crippen LogP contribution in [-0.4, -0.2) is 29.1 Å². The molecule has 0 spiro atoms. The quantitative estimate of drug-likeness (QED) is 0.465. The van der Waals surface area contributed by atoms with E-state index in [1.807, 2.05) is 0 Å². The maximum Gasteiger partial charge on any atom is 0.252 e. The SMILES string of the molecule is CNC(=O)c1ccc(Nc2cc(NCc3ccccc3F)c(C=N)cn2)nc1.[HH].[HH]. The molecular formula is C20H23FN6O. The molecule has 3 rings (SSSR count). The van der Waals surface area contributed by atoms with Gasteiger partial charge in [-0.2, -0.15) is 0 Å². The first-order valence-electron chi connectivity index (χ1n) is 8.53. The molecule has 4 N–H and O–H groups in total. The first-order chi connectivity index (χ1) is 13.6. The van der Waals surface area contributed by atoms with Gasteiger partial charge in [-0.1, -0.05) is 18.2 Å². The molecule has 2 heterocycles. The zero-order valence-electron chi connectivity index (χ0n) is 15.2. The first-order valence-corrected chi connectivity index (χ1v) is 8.53. The Morgan fingerprint density at radius 2 is 1.96 bits per heavy atom. The van der Waals surface area contributed by atoms with E-state index in [-0.39, 0.29) is 21.1 Å². The van der Waals surface area contributed by atoms with E-state index in [4.69, 9.17) is 5.41 Å². The topological polar surface area (TPSA) is 103 Å². The summed E-state index contributed by atoms with van der Waals surface area (Å²) in [5, 5.41) is 16.2. The molecule has 3 aromatic rings. The van der Waals surface area contributed by atoms with Gasteiger partial charge in [-0.25, -0.2) is 14.4 Å². The lowest BCUT2D eigenvalue weighted by Crippen LogP contribution is -2.17. The Balaban J connectivity index is 0.00000225. The van der Waals surface area contributed by atoms with Crippen molar-refractivity contribution in [1.29, 1.82) is 5.41 Å². The number of nitrogens with one attached hydrogen (secondary N) is 4. The van der Waals surface area contributed by atoms with Gasteiger partial charge in [-0.3, -0.25) is 4.79 Å². The number of aromatic nitrogens is 2. The van der Waals surface area contributed by atoms with E-state index in [1.54, 1.807) is 43.4 Å². The van der Waals surface area contributed by atoms with Crippen LogP contribution in [0, 0.1) is 11.2 Å². The fraction of sp³-hybridized carbons (Fsp3) is 0.100. The first kappa shape index (κ1) is 19.0. The summed E-state index contributed by atoms with van der Waals surface area (Å²) in [6.45, 7) is 0.274. The molecule has 0 saturated heterocycles. The summed E-state index contributed by atoms with van der Waals surface area (Å²) in [6, 6.07) is 11.5. The smallest absolute Gasteiger partial charge is 0.252 e. The summed E-state index contributed by atoms with van der Waals surface area (Å²) in [7, 11) is 1.55. The third-order valence-corrected chi connectivity index (χ3v) is 4.03. The van der Waals surface area contributed by atoms with Crippen LogP contribution in [0.5, 0.6) is 0 Å². The zero-order chi connectivity index (χ0) is 19.9. The molecule has 1 amide bonds. The Bertz CT molecular complexity index is 1000. The number of amides is 1. The minimum Gasteiger partial charge on any atom is -0.380 e. The van der Waals surface area contributed by atoms with Crippen LogP contribution in [-0.2, 0) is 6.54 Å². The van der Waals surface area contributed by atoms with Crippen LogP contribution in [0.25, 0.3) is 0 Å². The highest BCUT2D eigenvalue weighted by Gasteiger charge is 2.08. The molecule has 0 aliphatic carbocycles. The molecular weight excluding hydrogens is 359 g/mol. The van der Waals surface area contributed by atoms with Gasteiger partial charge in [0.15, 0.2) is 0 Å². The van der Waals surface area contributed by atoms with Crippen molar-refractivity contribution in [2.45, 2.75) is 6.54 Å². The molecule has 0 radical (unpaired) electrons. The number of pyridine rings is 2. The summed E-state index contributed by atoms with van der Waals surface area (Å²) in [6.07, 6.45) is 4.18. The molecule has 0 aliphatic heterocycles. The Morgan fingerprint density at radius 3 is 2.64 bits per heavy atom. The number of rotatable bonds is 7. The lowest BCUT2D eigenvalue weighted by Gasteiger charge is -2.12. The molecule has 0 aliphatic rings. The summed E-state index contributed by atoms with van der Waals surface area (Å²) in [5.41, 5.74) is 2.19. The Morgan fingerprint density at radius 1 is 1.18 bits per heavy atom. The molecule has 0 atom stereocenters. The molecule has 1 aromatic carbocycles. The van der Waals surface area contributed by atoms with Gasteiger partial charge in [-0.05, 0) is 18.2 Å². The number of carbonyl (C=O) groups excluding carboxylic acids is 1. The molecule has 0 bridgehead atoms. The van der Waals surface area contributed by atoms with Crippen molar-refractivity contribution in [3.05, 3.63) is 77.4 Å². The molecule has 7 nitrogen and oxygen atoms in total. The molecule has 0 saturated carbocycles. The molecule has 8 heteroatoms. The van der Waals surface area contributed by atoms with Crippen LogP contribution in [0.3, 0.4) is 0 Å². The second-order valence-corrected chi connectivity index (χ2v) is 5.88. The Kier molecular flexibility index (Phi) is 5.91. The minimum absolute atomic E-state index is 0. The van der Waals surface area contributed by atoms with Crippen LogP contribution in [0.4, 0.5) is 21.7 Å². The zero-order valence-corrected chi connectivity index (χ0v) is 15.2. The molecule has 0 fully saturated rings. The van der Waals surface area contributed by atoms with Crippen LogP contribution in [0.1, 0.15) is 24.3 Å². The highest BCUT2D eigenvalue weighted by Crippen LogP contribution is 2.21. The van der Waals surface area contributed by atoms with Crippen LogP contribution in [0.15, 0.2) is 54.9 Å². The summed E-state index contributed by atoms with van der Waals surface area (Å²) in [5.74, 6) is 0.510. The third-order valence-electron chi connectivity index (χ3n) is 4.03. The van der Waals surface area contributed by atoms with Gasteiger partial charge in [0, 0.05) is 57.9 Å². The lowest BCUT2D eigenvalue weighted by molar-refractivity contribution is 0.0963. The van der Waals surface area contributed by atoms with Crippen LogP contribution < -0.4 is 16.0 Å². The summed E-state index contributed by atoms with van der Waals surface area (Å²) < 4.78 is 13.8. The van der Waals surface area contributed by atoms with Gasteiger partial charge in [0.05, 0.1) is 5.56 Å². The van der Waals surface area contributed by atoms with Crippen LogP contribution >= 0.6 is 0 Å². The third kappa shape index (κ3) is 4.47. The number of anilines is 3. The predicted octanol–water partition coefficient (Wildman–Crippen LogP) is 3.82. The normalized spacial score (nSPS) is 10.2. The van der Waals surface area contributed by atoms with Gasteiger partial charge in [0.25, 0.3) is 5.91 Å². The number of hydrogen-bond acceptors (Lipinski definition) is 6. The van der Waals surface area contributed by atoms with Crippen molar-refractivity contribution in [2.24, 2.45) is 0 Å². The number of benzene rings is 1. The van der Waals surface area contributed by atoms with E-state index < -0.39 is 0 Å². The van der Waals surface area contributed by atoms with Gasteiger partial charge in [0.2, 0.25) is 0 Å². The number of hydrogen-bond donors (Lipinski definition) is 4. The van der Waals surface area contributed by atoms with E-state index in [1.165, 1.54) is 24.7 Å². The van der Waals surface area contributed by atoms with E-state index in [0.29, 0.717) is 34.0 Å². The molecule has 0 unspecified atom stereocenters. The molecule has 28 heavy (non-hydrogen) atoms. The molecule has 146 valence electrons. The van der Waals surface area contributed by atoms with Crippen molar-refractivity contribution < 1.29 is 12.0 Å². The van der Waals surface area contributed by atoms with Crippen molar-refractivity contribution in [3.8, 4) is 0 Å². The van der Waals surface area contributed by atoms with E-state index in [2.05, 4.69) is 25.9 Å². The highest BCUT2D eigenvalue weighted by atomic mass is 19.1. The van der Waals surface area contributed by atoms with E-state index >= 15 is 0 Å². The predicted molar refractivity (Wildman–Crippen MR) is 111 cm³/mol. The second-order valence-electron chi connectivity index (χ2n) is 5.88. The van der Waals surface area contributed by atoms with Crippen molar-refractivity contribution in [2.75, 3.05) is 17.7 Å². The van der Waals surface area contributed by atoms with Gasteiger partial charge >= 0.3 is 0 Å². The Labute approximate surface area is 164 Å². The fourth-order valence-electron chi connectivity index (χ4n) is 2.51. The largest absolute Gasteiger partial charge is 0.380 e. The average Bonchev–Trinajstić information content (AvgIpc) is 2.73. The van der Waals surface area contributed by atoms with Gasteiger partial charge in [-0.15, -0.1) is 0 Å². The van der Waals surface area contributed by atoms with E-state index in [0.717, 1.165) is 0 Å². The van der Waals surface area contributed by atoms with Gasteiger partial charge in [0.1, 0.15) is 17.5 Å². The second kappa shape index (κ2) is 8.72. The van der Waals surface area contributed by atoms with E-state index in [9.17, 15) is 9.18 Å². The minimum atomic E-state index is -0.292. The standard InChI is InChI=1S/C20H19FN6O.2H2/c1-23-20(28)14-6-7-18(25-11-14)27-19-8-17(15(9-22)12-26-19)24-10-13-4-2-3-5-16(13)21;;/h2-9,11-12,22H,10H2,1H3,(H,23,28)(H2,24,25,26,27);2*1H. The fourth-order valence-corrected chi connectivity index (χ4v) is 2.51. The Hall–Kier alpha value is -3.81.